The first-order chi connectivity index (χ1) is 13.4. The number of rotatable bonds is 4. The Morgan fingerprint density at radius 3 is 2.62 bits per heavy atom. The van der Waals surface area contributed by atoms with Gasteiger partial charge in [0.2, 0.25) is 0 Å². The van der Waals surface area contributed by atoms with Crippen molar-refractivity contribution in [3.8, 4) is 0 Å². The Balaban J connectivity index is 0.00000240. The Bertz CT molecular complexity index is 659. The Kier molecular flexibility index (Phi) is 6.69. The molecule has 8 atom stereocenters. The number of ketones is 1. The Morgan fingerprint density at radius 2 is 1.93 bits per heavy atom. The first-order valence-electron chi connectivity index (χ1n) is 11.1. The molecule has 4 aliphatic rings. The molecule has 0 aromatic rings. The summed E-state index contributed by atoms with van der Waals surface area (Å²) in [5, 5.41) is 26.0. The maximum atomic E-state index is 12.6. The number of carbonyl (C=O) groups excluding carboxylic acids is 1. The highest BCUT2D eigenvalue weighted by molar-refractivity contribution is 5.87. The van der Waals surface area contributed by atoms with E-state index < -0.39 is 6.10 Å². The number of nitrogens with zero attached hydrogens (tertiary/aromatic N) is 1. The molecule has 0 heterocycles. The summed E-state index contributed by atoms with van der Waals surface area (Å²) >= 11 is 0. The van der Waals surface area contributed by atoms with Gasteiger partial charge in [-0.3, -0.25) is 4.79 Å². The lowest BCUT2D eigenvalue weighted by Crippen LogP contribution is -2.62. The summed E-state index contributed by atoms with van der Waals surface area (Å²) in [6, 6.07) is 0. The normalized spacial score (nSPS) is 47.8. The number of Topliss-reactive ketones (excluding diaryl/α,β-unsaturated/α-hetero) is 1. The average Bonchev–Trinajstić information content (AvgIpc) is 2.98. The third kappa shape index (κ3) is 3.44. The topological polar surface area (TPSA) is 105 Å². The van der Waals surface area contributed by atoms with E-state index in [0.717, 1.165) is 44.2 Å². The van der Waals surface area contributed by atoms with Gasteiger partial charge in [-0.2, -0.15) is 0 Å². The predicted molar refractivity (Wildman–Crippen MR) is 114 cm³/mol. The van der Waals surface area contributed by atoms with E-state index in [2.05, 4.69) is 19.0 Å². The molecule has 0 bridgehead atoms. The van der Waals surface area contributed by atoms with Crippen molar-refractivity contribution in [2.24, 2.45) is 51.3 Å². The molecule has 1 unspecified atom stereocenters. The molecule has 0 aliphatic heterocycles. The number of aliphatic hydroxyl groups excluding tert-OH is 2. The van der Waals surface area contributed by atoms with E-state index in [1.165, 1.54) is 0 Å². The van der Waals surface area contributed by atoms with Crippen molar-refractivity contribution in [3.63, 3.8) is 0 Å². The zero-order valence-corrected chi connectivity index (χ0v) is 18.5. The third-order valence-corrected chi connectivity index (χ3v) is 9.11. The zero-order chi connectivity index (χ0) is 20.1. The Labute approximate surface area is 180 Å². The van der Waals surface area contributed by atoms with Crippen LogP contribution >= 0.6 is 12.4 Å². The molecular weight excluding hydrogens is 392 g/mol. The summed E-state index contributed by atoms with van der Waals surface area (Å²) < 4.78 is 0. The molecule has 0 spiro atoms. The first kappa shape index (κ1) is 23.0. The van der Waals surface area contributed by atoms with Gasteiger partial charge in [-0.1, -0.05) is 19.0 Å². The summed E-state index contributed by atoms with van der Waals surface area (Å²) in [7, 11) is 0. The van der Waals surface area contributed by atoms with Crippen LogP contribution in [0.1, 0.15) is 58.8 Å². The molecule has 4 saturated carbocycles. The van der Waals surface area contributed by atoms with Gasteiger partial charge in [-0.25, -0.2) is 0 Å². The largest absolute Gasteiger partial charge is 0.396 e. The molecular formula is C22H37ClN2O4. The Morgan fingerprint density at radius 1 is 1.17 bits per heavy atom. The number of fused-ring (bicyclic) bond motifs is 5. The van der Waals surface area contributed by atoms with Gasteiger partial charge in [0.15, 0.2) is 0 Å². The Hall–Kier alpha value is -0.690. The highest BCUT2D eigenvalue weighted by Crippen LogP contribution is 2.66. The summed E-state index contributed by atoms with van der Waals surface area (Å²) in [4.78, 5) is 17.9. The minimum absolute atomic E-state index is 0. The van der Waals surface area contributed by atoms with Gasteiger partial charge in [-0.05, 0) is 67.6 Å². The fraction of sp³-hybridized carbons (Fsp3) is 0.909. The lowest BCUT2D eigenvalue weighted by molar-refractivity contribution is -0.188. The lowest BCUT2D eigenvalue weighted by Gasteiger charge is -2.63. The van der Waals surface area contributed by atoms with Crippen LogP contribution in [0.5, 0.6) is 0 Å². The minimum Gasteiger partial charge on any atom is -0.396 e. The van der Waals surface area contributed by atoms with Crippen LogP contribution in [-0.4, -0.2) is 47.6 Å². The van der Waals surface area contributed by atoms with Gasteiger partial charge in [-0.15, -0.1) is 12.4 Å². The minimum atomic E-state index is -0.548. The number of oxime groups is 1. The van der Waals surface area contributed by atoms with E-state index in [0.29, 0.717) is 31.3 Å². The molecule has 0 amide bonds. The highest BCUT2D eigenvalue weighted by Gasteiger charge is 2.64. The van der Waals surface area contributed by atoms with E-state index in [1.807, 2.05) is 0 Å². The maximum absolute atomic E-state index is 12.6. The van der Waals surface area contributed by atoms with Gasteiger partial charge in [0, 0.05) is 30.9 Å². The smallest absolute Gasteiger partial charge is 0.139 e. The van der Waals surface area contributed by atoms with E-state index in [4.69, 9.17) is 10.6 Å². The number of aliphatic hydroxyl groups is 2. The van der Waals surface area contributed by atoms with Gasteiger partial charge in [0.25, 0.3) is 0 Å². The van der Waals surface area contributed by atoms with Gasteiger partial charge >= 0.3 is 0 Å². The van der Waals surface area contributed by atoms with Crippen molar-refractivity contribution in [2.45, 2.75) is 64.9 Å². The van der Waals surface area contributed by atoms with Crippen molar-refractivity contribution in [2.75, 3.05) is 19.8 Å². The standard InChI is InChI=1S/C22H36N2O4.ClH/c1-21-7-5-13(24-28-10-9-23)11-17(21)14(12-25)20(27)19-15-3-4-18(26)22(15,2)8-6-16(19)21;/h14-17,19-20,25,27H,3-12,23H2,1-2H3;1H/b24-13-;/t14-,15+,16+,17?,19+,20-,21-,22+;/m1./s1. The van der Waals surface area contributed by atoms with E-state index in [9.17, 15) is 15.0 Å². The van der Waals surface area contributed by atoms with Gasteiger partial charge < -0.3 is 20.8 Å². The van der Waals surface area contributed by atoms with Crippen molar-refractivity contribution < 1.29 is 19.8 Å². The second-order valence-electron chi connectivity index (χ2n) is 10.1. The molecule has 0 saturated heterocycles. The molecule has 7 heteroatoms. The number of carbonyl (C=O) groups is 1. The first-order valence-corrected chi connectivity index (χ1v) is 11.1. The van der Waals surface area contributed by atoms with Gasteiger partial charge in [0.05, 0.1) is 11.8 Å². The van der Waals surface area contributed by atoms with Crippen molar-refractivity contribution in [1.82, 2.24) is 0 Å². The summed E-state index contributed by atoms with van der Waals surface area (Å²) in [6.07, 6.45) is 5.61. The number of nitrogens with two attached hydrogens (primary N) is 1. The average molecular weight is 429 g/mol. The molecule has 4 fully saturated rings. The molecule has 0 aromatic heterocycles. The SMILES string of the molecule is C[C@]12CC/C(=N/OCCN)CC1[C@@H](CO)[C@@H](O)[C@@H]1[C@@H]2CC[C@]2(C)C(=O)CC[C@@H]12.Cl. The number of hydrogen-bond acceptors (Lipinski definition) is 6. The zero-order valence-electron chi connectivity index (χ0n) is 17.7. The molecule has 0 radical (unpaired) electrons. The molecule has 4 aliphatic carbocycles. The second kappa shape index (κ2) is 8.45. The fourth-order valence-corrected chi connectivity index (χ4v) is 7.53. The molecule has 6 nitrogen and oxygen atoms in total. The quantitative estimate of drug-likeness (QED) is 0.471. The van der Waals surface area contributed by atoms with Crippen LogP contribution in [0.3, 0.4) is 0 Å². The molecule has 4 rings (SSSR count). The summed E-state index contributed by atoms with van der Waals surface area (Å²) in [5.41, 5.74) is 6.30. The monoisotopic (exact) mass is 428 g/mol. The van der Waals surface area contributed by atoms with E-state index >= 15 is 0 Å². The predicted octanol–water partition coefficient (Wildman–Crippen LogP) is 2.54. The van der Waals surface area contributed by atoms with Crippen LogP contribution in [0, 0.1) is 40.4 Å². The van der Waals surface area contributed by atoms with Crippen LogP contribution in [-0.2, 0) is 9.63 Å². The van der Waals surface area contributed by atoms with Gasteiger partial charge in [0.1, 0.15) is 12.4 Å². The lowest BCUT2D eigenvalue weighted by atomic mass is 9.42. The molecule has 4 N–H and O–H groups in total. The van der Waals surface area contributed by atoms with Crippen LogP contribution < -0.4 is 5.73 Å². The van der Waals surface area contributed by atoms with Crippen molar-refractivity contribution in [1.29, 1.82) is 0 Å². The van der Waals surface area contributed by atoms with Crippen molar-refractivity contribution in [3.05, 3.63) is 0 Å². The van der Waals surface area contributed by atoms with E-state index in [1.54, 1.807) is 0 Å². The van der Waals surface area contributed by atoms with Crippen LogP contribution in [0.15, 0.2) is 5.16 Å². The second-order valence-corrected chi connectivity index (χ2v) is 10.1. The van der Waals surface area contributed by atoms with Crippen LogP contribution in [0.2, 0.25) is 0 Å². The van der Waals surface area contributed by atoms with Crippen LogP contribution in [0.25, 0.3) is 0 Å². The summed E-state index contributed by atoms with van der Waals surface area (Å²) in [5.74, 6) is 1.20. The molecule has 29 heavy (non-hydrogen) atoms. The number of hydrogen-bond donors (Lipinski definition) is 3. The summed E-state index contributed by atoms with van der Waals surface area (Å²) in [6.45, 7) is 5.33. The maximum Gasteiger partial charge on any atom is 0.139 e. The fourth-order valence-electron chi connectivity index (χ4n) is 7.53. The highest BCUT2D eigenvalue weighted by atomic mass is 35.5. The molecule has 166 valence electrons. The van der Waals surface area contributed by atoms with Crippen LogP contribution in [0.4, 0.5) is 0 Å². The molecule has 0 aromatic carbocycles. The van der Waals surface area contributed by atoms with E-state index in [-0.39, 0.29) is 53.5 Å². The number of halogens is 1. The van der Waals surface area contributed by atoms with Crippen molar-refractivity contribution >= 4 is 23.9 Å². The third-order valence-electron chi connectivity index (χ3n) is 9.11.